The van der Waals surface area contributed by atoms with Crippen LogP contribution in [0.3, 0.4) is 0 Å². The van der Waals surface area contributed by atoms with Crippen molar-refractivity contribution in [3.8, 4) is 5.75 Å². The molecule has 284 valence electrons. The molecule has 0 saturated heterocycles. The number of thiazole rings is 1. The van der Waals surface area contributed by atoms with Crippen LogP contribution in [-0.4, -0.2) is 71.5 Å². The Morgan fingerprint density at radius 3 is 2.30 bits per heavy atom. The molecular formula is C41H53N5O6S. The van der Waals surface area contributed by atoms with Crippen LogP contribution in [-0.2, 0) is 38.6 Å². The number of hydrogen-bond acceptors (Lipinski definition) is 8. The lowest BCUT2D eigenvalue weighted by atomic mass is 10.0. The van der Waals surface area contributed by atoms with Crippen LogP contribution in [0.1, 0.15) is 64.2 Å². The van der Waals surface area contributed by atoms with Gasteiger partial charge in [-0.1, -0.05) is 60.7 Å². The third-order valence-electron chi connectivity index (χ3n) is 8.13. The fourth-order valence-electron chi connectivity index (χ4n) is 5.81. The number of amides is 4. The SMILES string of the molecule is C=CCC(CC(=O)NC(Cc1ccc(OC(C)(C)C)cc1)C(=O)N(Cc1cccc2scnc12)CC(OCC)OCC)NC(=O)NCc1ccccc1. The lowest BCUT2D eigenvalue weighted by Gasteiger charge is -2.31. The molecule has 0 bridgehead atoms. The Bertz CT molecular complexity index is 1750. The van der Waals surface area contributed by atoms with Gasteiger partial charge < -0.3 is 35.1 Å². The van der Waals surface area contributed by atoms with Gasteiger partial charge in [0.1, 0.15) is 17.4 Å². The number of benzene rings is 3. The molecule has 1 heterocycles. The zero-order chi connectivity index (χ0) is 38.2. The molecule has 4 rings (SSSR count). The second-order valence-electron chi connectivity index (χ2n) is 13.6. The average Bonchev–Trinajstić information content (AvgIpc) is 3.61. The van der Waals surface area contributed by atoms with Gasteiger partial charge in [0.05, 0.1) is 22.3 Å². The maximum Gasteiger partial charge on any atom is 0.315 e. The van der Waals surface area contributed by atoms with Crippen molar-refractivity contribution in [2.75, 3.05) is 19.8 Å². The highest BCUT2D eigenvalue weighted by atomic mass is 32.1. The predicted octanol–water partition coefficient (Wildman–Crippen LogP) is 6.76. The summed E-state index contributed by atoms with van der Waals surface area (Å²) in [7, 11) is 0. The molecular weight excluding hydrogens is 691 g/mol. The summed E-state index contributed by atoms with van der Waals surface area (Å²) < 4.78 is 18.8. The first-order valence-corrected chi connectivity index (χ1v) is 19.0. The number of urea groups is 1. The number of hydrogen-bond donors (Lipinski definition) is 3. The summed E-state index contributed by atoms with van der Waals surface area (Å²) >= 11 is 1.53. The van der Waals surface area contributed by atoms with Crippen LogP contribution in [0.15, 0.2) is 91.0 Å². The average molecular weight is 744 g/mol. The van der Waals surface area contributed by atoms with E-state index in [9.17, 15) is 14.4 Å². The van der Waals surface area contributed by atoms with Crippen LogP contribution >= 0.6 is 11.3 Å². The van der Waals surface area contributed by atoms with Gasteiger partial charge in [-0.15, -0.1) is 17.9 Å². The van der Waals surface area contributed by atoms with E-state index in [1.807, 2.05) is 107 Å². The Balaban J connectivity index is 1.58. The fourth-order valence-corrected chi connectivity index (χ4v) is 6.53. The quantitative estimate of drug-likeness (QED) is 0.0674. The van der Waals surface area contributed by atoms with Gasteiger partial charge in [0.25, 0.3) is 0 Å². The number of nitrogens with zero attached hydrogens (tertiary/aromatic N) is 2. The highest BCUT2D eigenvalue weighted by Crippen LogP contribution is 2.24. The number of para-hydroxylation sites is 1. The Morgan fingerprint density at radius 2 is 1.64 bits per heavy atom. The first kappa shape index (κ1) is 41.0. The molecule has 0 aliphatic heterocycles. The predicted molar refractivity (Wildman–Crippen MR) is 210 cm³/mol. The van der Waals surface area contributed by atoms with E-state index in [4.69, 9.17) is 14.2 Å². The van der Waals surface area contributed by atoms with Gasteiger partial charge >= 0.3 is 6.03 Å². The largest absolute Gasteiger partial charge is 0.488 e. The number of fused-ring (bicyclic) bond motifs is 1. The molecule has 0 fully saturated rings. The molecule has 2 atom stereocenters. The molecule has 12 heteroatoms. The van der Waals surface area contributed by atoms with E-state index in [0.29, 0.717) is 31.9 Å². The molecule has 0 radical (unpaired) electrons. The van der Waals surface area contributed by atoms with E-state index in [1.54, 1.807) is 16.5 Å². The Morgan fingerprint density at radius 1 is 0.925 bits per heavy atom. The molecule has 53 heavy (non-hydrogen) atoms. The van der Waals surface area contributed by atoms with Crippen molar-refractivity contribution in [2.45, 2.75) is 90.9 Å². The summed E-state index contributed by atoms with van der Waals surface area (Å²) in [6.45, 7) is 15.0. The van der Waals surface area contributed by atoms with Gasteiger partial charge in [-0.05, 0) is 75.9 Å². The van der Waals surface area contributed by atoms with Crippen molar-refractivity contribution < 1.29 is 28.6 Å². The van der Waals surface area contributed by atoms with E-state index in [1.165, 1.54) is 11.3 Å². The summed E-state index contributed by atoms with van der Waals surface area (Å²) in [6.07, 6.45) is 1.48. The summed E-state index contributed by atoms with van der Waals surface area (Å²) in [5, 5.41) is 8.74. The van der Waals surface area contributed by atoms with Crippen LogP contribution in [0, 0.1) is 0 Å². The topological polar surface area (TPSA) is 131 Å². The molecule has 4 amide bonds. The minimum atomic E-state index is -0.952. The van der Waals surface area contributed by atoms with Crippen molar-refractivity contribution in [3.05, 3.63) is 108 Å². The van der Waals surface area contributed by atoms with E-state index >= 15 is 0 Å². The van der Waals surface area contributed by atoms with E-state index in [0.717, 1.165) is 26.9 Å². The first-order valence-electron chi connectivity index (χ1n) is 18.1. The maximum absolute atomic E-state index is 14.7. The Labute approximate surface area is 317 Å². The number of aromatic nitrogens is 1. The van der Waals surface area contributed by atoms with Crippen LogP contribution in [0.4, 0.5) is 4.79 Å². The molecule has 0 aliphatic carbocycles. The highest BCUT2D eigenvalue weighted by molar-refractivity contribution is 7.16. The van der Waals surface area contributed by atoms with Crippen LogP contribution in [0.2, 0.25) is 0 Å². The third kappa shape index (κ3) is 13.6. The van der Waals surface area contributed by atoms with Gasteiger partial charge in [-0.3, -0.25) is 9.59 Å². The van der Waals surface area contributed by atoms with E-state index < -0.39 is 24.4 Å². The molecule has 0 spiro atoms. The molecule has 2 unspecified atom stereocenters. The second-order valence-corrected chi connectivity index (χ2v) is 14.5. The molecule has 11 nitrogen and oxygen atoms in total. The minimum absolute atomic E-state index is 0.0639. The lowest BCUT2D eigenvalue weighted by molar-refractivity contribution is -0.161. The Hall–Kier alpha value is -4.78. The summed E-state index contributed by atoms with van der Waals surface area (Å²) in [5.74, 6) is 0.00380. The van der Waals surface area contributed by atoms with E-state index in [2.05, 4.69) is 27.5 Å². The maximum atomic E-state index is 14.7. The van der Waals surface area contributed by atoms with Gasteiger partial charge in [0.2, 0.25) is 11.8 Å². The van der Waals surface area contributed by atoms with Gasteiger partial charge in [0.15, 0.2) is 6.29 Å². The van der Waals surface area contributed by atoms with Gasteiger partial charge in [-0.2, -0.15) is 0 Å². The fraction of sp³-hybridized carbons (Fsp3) is 0.415. The first-order chi connectivity index (χ1) is 25.5. The molecule has 0 aliphatic rings. The third-order valence-corrected chi connectivity index (χ3v) is 8.92. The van der Waals surface area contributed by atoms with Crippen LogP contribution in [0.25, 0.3) is 10.2 Å². The lowest BCUT2D eigenvalue weighted by Crippen LogP contribution is -2.52. The standard InChI is InChI=1S/C41H53N5O6S/c1-7-14-32(44-40(49)42-25-30-15-11-10-12-16-30)24-36(47)45-34(23-29-19-21-33(22-20-29)52-41(4,5)6)39(48)46(27-37(50-8-2)51-9-3)26-31-17-13-18-35-38(31)43-28-53-35/h7,10-13,15-22,28,32,34,37H,1,8-9,14,23-27H2,2-6H3,(H,45,47)(H2,42,44,49). The summed E-state index contributed by atoms with van der Waals surface area (Å²) in [5.41, 5.74) is 4.88. The van der Waals surface area contributed by atoms with Crippen molar-refractivity contribution in [3.63, 3.8) is 0 Å². The smallest absolute Gasteiger partial charge is 0.315 e. The number of carbonyl (C=O) groups is 3. The minimum Gasteiger partial charge on any atom is -0.488 e. The second kappa shape index (κ2) is 20.5. The van der Waals surface area contributed by atoms with Crippen molar-refractivity contribution in [1.82, 2.24) is 25.8 Å². The normalized spacial score (nSPS) is 12.6. The van der Waals surface area contributed by atoms with Gasteiger partial charge in [-0.25, -0.2) is 9.78 Å². The number of carbonyl (C=O) groups excluding carboxylic acids is 3. The van der Waals surface area contributed by atoms with Crippen molar-refractivity contribution in [2.24, 2.45) is 0 Å². The molecule has 0 saturated carbocycles. The Kier molecular flexibility index (Phi) is 15.8. The van der Waals surface area contributed by atoms with Crippen molar-refractivity contribution in [1.29, 1.82) is 0 Å². The van der Waals surface area contributed by atoms with Crippen LogP contribution < -0.4 is 20.7 Å². The summed E-state index contributed by atoms with van der Waals surface area (Å²) in [6, 6.07) is 21.1. The van der Waals surface area contributed by atoms with Crippen LogP contribution in [0.5, 0.6) is 5.75 Å². The number of rotatable bonds is 20. The van der Waals surface area contributed by atoms with E-state index in [-0.39, 0.29) is 43.3 Å². The number of ether oxygens (including phenoxy) is 3. The molecule has 4 aromatic rings. The zero-order valence-electron chi connectivity index (χ0n) is 31.4. The molecule has 3 aromatic carbocycles. The molecule has 1 aromatic heterocycles. The number of nitrogens with one attached hydrogen (secondary N) is 3. The summed E-state index contributed by atoms with van der Waals surface area (Å²) in [4.78, 5) is 47.6. The van der Waals surface area contributed by atoms with Crippen molar-refractivity contribution >= 4 is 39.4 Å². The molecule has 3 N–H and O–H groups in total. The van der Waals surface area contributed by atoms with Gasteiger partial charge in [0, 0.05) is 45.2 Å². The highest BCUT2D eigenvalue weighted by Gasteiger charge is 2.30. The zero-order valence-corrected chi connectivity index (χ0v) is 32.2. The monoisotopic (exact) mass is 743 g/mol.